The Morgan fingerprint density at radius 3 is 2.39 bits per heavy atom. The number of carboxylic acids is 1. The second-order valence-corrected chi connectivity index (χ2v) is 10.2. The molecule has 0 aromatic carbocycles. The normalized spacial score (nSPS) is 42.4. The lowest BCUT2D eigenvalue weighted by molar-refractivity contribution is -0.152. The lowest BCUT2D eigenvalue weighted by Gasteiger charge is -2.43. The zero-order chi connectivity index (χ0) is 20.0. The molecule has 4 bridgehead atoms. The molecule has 4 aliphatic carbocycles. The Morgan fingerprint density at radius 1 is 1.07 bits per heavy atom. The summed E-state index contributed by atoms with van der Waals surface area (Å²) in [4.78, 5) is 23.9. The molecule has 0 amide bonds. The predicted octanol–water partition coefficient (Wildman–Crippen LogP) is 3.59. The lowest BCUT2D eigenvalue weighted by Crippen LogP contribution is -2.38. The van der Waals surface area contributed by atoms with Crippen LogP contribution in [0.1, 0.15) is 58.8 Å². The molecule has 0 heterocycles. The van der Waals surface area contributed by atoms with Crippen molar-refractivity contribution in [2.24, 2.45) is 59.2 Å². The molecule has 10 unspecified atom stereocenters. The van der Waals surface area contributed by atoms with E-state index in [2.05, 4.69) is 6.92 Å². The van der Waals surface area contributed by atoms with Gasteiger partial charge in [0.2, 0.25) is 0 Å². The van der Waals surface area contributed by atoms with E-state index >= 15 is 0 Å². The molecule has 0 aromatic heterocycles. The van der Waals surface area contributed by atoms with Crippen LogP contribution in [0, 0.1) is 59.2 Å². The van der Waals surface area contributed by atoms with Gasteiger partial charge in [-0.2, -0.15) is 0 Å². The highest BCUT2D eigenvalue weighted by Crippen LogP contribution is 2.70. The van der Waals surface area contributed by atoms with Crippen LogP contribution in [0.2, 0.25) is 0 Å². The summed E-state index contributed by atoms with van der Waals surface area (Å²) in [5, 5.41) is 18.2. The molecule has 4 aliphatic rings. The maximum atomic E-state index is 12.7. The van der Waals surface area contributed by atoms with Crippen molar-refractivity contribution < 1.29 is 24.5 Å². The maximum absolute atomic E-state index is 12.7. The van der Waals surface area contributed by atoms with Gasteiger partial charge in [-0.25, -0.2) is 0 Å². The van der Waals surface area contributed by atoms with Crippen LogP contribution in [0.25, 0.3) is 0 Å². The van der Waals surface area contributed by atoms with Crippen molar-refractivity contribution in [3.8, 4) is 0 Å². The number of ether oxygens (including phenoxy) is 1. The van der Waals surface area contributed by atoms with E-state index in [1.165, 1.54) is 25.7 Å². The highest BCUT2D eigenvalue weighted by molar-refractivity contribution is 5.73. The van der Waals surface area contributed by atoms with Gasteiger partial charge in [-0.05, 0) is 92.3 Å². The fourth-order valence-corrected chi connectivity index (χ4v) is 7.90. The van der Waals surface area contributed by atoms with Crippen LogP contribution in [0.3, 0.4) is 0 Å². The SMILES string of the molecule is CC(CCC(CC1C(C)C2CC1C1C3CCC(C3)C21)C(=O)OCCO)C(=O)O. The van der Waals surface area contributed by atoms with Gasteiger partial charge in [0.1, 0.15) is 6.61 Å². The number of rotatable bonds is 9. The lowest BCUT2D eigenvalue weighted by atomic mass is 9.62. The summed E-state index contributed by atoms with van der Waals surface area (Å²) < 4.78 is 5.27. The highest BCUT2D eigenvalue weighted by Gasteiger charge is 2.64. The van der Waals surface area contributed by atoms with E-state index in [1.807, 2.05) is 0 Å². The van der Waals surface area contributed by atoms with Crippen LogP contribution in [-0.4, -0.2) is 35.4 Å². The Kier molecular flexibility index (Phi) is 5.74. The Morgan fingerprint density at radius 2 is 1.75 bits per heavy atom. The summed E-state index contributed by atoms with van der Waals surface area (Å²) in [6.45, 7) is 3.97. The Bertz CT molecular complexity index is 604. The monoisotopic (exact) mass is 392 g/mol. The van der Waals surface area contributed by atoms with Gasteiger partial charge in [-0.3, -0.25) is 9.59 Å². The molecule has 0 saturated heterocycles. The average Bonchev–Trinajstić information content (AvgIpc) is 3.42. The Labute approximate surface area is 168 Å². The fourth-order valence-electron chi connectivity index (χ4n) is 7.90. The second kappa shape index (κ2) is 7.97. The van der Waals surface area contributed by atoms with E-state index in [0.29, 0.717) is 24.7 Å². The van der Waals surface area contributed by atoms with Gasteiger partial charge >= 0.3 is 11.9 Å². The van der Waals surface area contributed by atoms with Crippen LogP contribution >= 0.6 is 0 Å². The molecular formula is C23H36O5. The van der Waals surface area contributed by atoms with Crippen LogP contribution in [0.4, 0.5) is 0 Å². The minimum Gasteiger partial charge on any atom is -0.481 e. The summed E-state index contributed by atoms with van der Waals surface area (Å²) in [6, 6.07) is 0. The van der Waals surface area contributed by atoms with Gasteiger partial charge in [0, 0.05) is 0 Å². The summed E-state index contributed by atoms with van der Waals surface area (Å²) in [7, 11) is 0. The Balaban J connectivity index is 1.44. The quantitative estimate of drug-likeness (QED) is 0.463. The van der Waals surface area contributed by atoms with E-state index in [9.17, 15) is 14.7 Å². The van der Waals surface area contributed by atoms with E-state index in [-0.39, 0.29) is 25.1 Å². The molecule has 2 N–H and O–H groups in total. The number of carboxylic acid groups (broad SMARTS) is 1. The Hall–Kier alpha value is -1.10. The topological polar surface area (TPSA) is 83.8 Å². The van der Waals surface area contributed by atoms with E-state index in [4.69, 9.17) is 9.84 Å². The average molecular weight is 393 g/mol. The smallest absolute Gasteiger partial charge is 0.309 e. The van der Waals surface area contributed by atoms with Gasteiger partial charge in [0.05, 0.1) is 18.4 Å². The van der Waals surface area contributed by atoms with Crippen molar-refractivity contribution >= 4 is 11.9 Å². The number of carbonyl (C=O) groups is 2. The number of esters is 1. The van der Waals surface area contributed by atoms with Crippen LogP contribution < -0.4 is 0 Å². The first kappa shape index (κ1) is 20.2. The molecule has 28 heavy (non-hydrogen) atoms. The van der Waals surface area contributed by atoms with Crippen molar-refractivity contribution in [1.82, 2.24) is 0 Å². The number of aliphatic hydroxyl groups is 1. The first-order chi connectivity index (χ1) is 13.4. The minimum atomic E-state index is -0.805. The zero-order valence-electron chi connectivity index (χ0n) is 17.3. The molecule has 5 heteroatoms. The summed E-state index contributed by atoms with van der Waals surface area (Å²) in [6.07, 6.45) is 7.54. The van der Waals surface area contributed by atoms with Crippen LogP contribution in [0.15, 0.2) is 0 Å². The molecule has 158 valence electrons. The van der Waals surface area contributed by atoms with E-state index < -0.39 is 11.9 Å². The summed E-state index contributed by atoms with van der Waals surface area (Å²) in [5.74, 6) is 4.81. The van der Waals surface area contributed by atoms with Crippen molar-refractivity contribution in [2.75, 3.05) is 13.2 Å². The maximum Gasteiger partial charge on any atom is 0.309 e. The molecule has 4 saturated carbocycles. The third kappa shape index (κ3) is 3.38. The van der Waals surface area contributed by atoms with Crippen LogP contribution in [-0.2, 0) is 14.3 Å². The third-order valence-corrected chi connectivity index (χ3v) is 9.08. The van der Waals surface area contributed by atoms with Gasteiger partial charge in [0.15, 0.2) is 0 Å². The van der Waals surface area contributed by atoms with E-state index in [0.717, 1.165) is 41.9 Å². The number of aliphatic hydroxyl groups excluding tert-OH is 1. The standard InChI is InChI=1S/C23H36O5/c1-12(22(25)26)3-4-16(23(27)28-8-7-24)10-17-13(2)18-11-19(17)21-15-6-5-14(9-15)20(18)21/h12-21,24H,3-11H2,1-2H3,(H,25,26). The molecule has 10 atom stereocenters. The van der Waals surface area contributed by atoms with Gasteiger partial charge in [-0.1, -0.05) is 13.8 Å². The number of aliphatic carboxylic acids is 1. The molecule has 0 radical (unpaired) electrons. The van der Waals surface area contributed by atoms with Gasteiger partial charge < -0.3 is 14.9 Å². The summed E-state index contributed by atoms with van der Waals surface area (Å²) >= 11 is 0. The first-order valence-electron chi connectivity index (χ1n) is 11.4. The summed E-state index contributed by atoms with van der Waals surface area (Å²) in [5.41, 5.74) is 0. The third-order valence-electron chi connectivity index (χ3n) is 9.08. The second-order valence-electron chi connectivity index (χ2n) is 10.2. The molecule has 0 aromatic rings. The van der Waals surface area contributed by atoms with Crippen molar-refractivity contribution in [2.45, 2.75) is 58.8 Å². The van der Waals surface area contributed by atoms with Crippen molar-refractivity contribution in [3.05, 3.63) is 0 Å². The first-order valence-corrected chi connectivity index (χ1v) is 11.4. The largest absolute Gasteiger partial charge is 0.481 e. The fraction of sp³-hybridized carbons (Fsp3) is 0.913. The molecule has 4 fully saturated rings. The van der Waals surface area contributed by atoms with Crippen molar-refractivity contribution in [3.63, 3.8) is 0 Å². The predicted molar refractivity (Wildman–Crippen MR) is 104 cm³/mol. The zero-order valence-corrected chi connectivity index (χ0v) is 17.3. The highest BCUT2D eigenvalue weighted by atomic mass is 16.5. The van der Waals surface area contributed by atoms with Gasteiger partial charge in [0.25, 0.3) is 0 Å². The van der Waals surface area contributed by atoms with Crippen molar-refractivity contribution in [1.29, 1.82) is 0 Å². The molecular weight excluding hydrogens is 356 g/mol. The number of carbonyl (C=O) groups excluding carboxylic acids is 1. The number of fused-ring (bicyclic) bond motifs is 9. The van der Waals surface area contributed by atoms with Gasteiger partial charge in [-0.15, -0.1) is 0 Å². The minimum absolute atomic E-state index is 0.0323. The number of hydrogen-bond donors (Lipinski definition) is 2. The molecule has 5 nitrogen and oxygen atoms in total. The molecule has 0 aliphatic heterocycles. The van der Waals surface area contributed by atoms with E-state index in [1.54, 1.807) is 6.92 Å². The number of hydrogen-bond acceptors (Lipinski definition) is 4. The molecule has 0 spiro atoms. The molecule has 4 rings (SSSR count). The van der Waals surface area contributed by atoms with Crippen LogP contribution in [0.5, 0.6) is 0 Å².